The summed E-state index contributed by atoms with van der Waals surface area (Å²) < 4.78 is 1.64. The van der Waals surface area contributed by atoms with Crippen LogP contribution in [0.25, 0.3) is 16.9 Å². The second-order valence-corrected chi connectivity index (χ2v) is 7.56. The first-order valence-electron chi connectivity index (χ1n) is 9.12. The molecule has 2 aromatic heterocycles. The Hall–Kier alpha value is -3.68. The van der Waals surface area contributed by atoms with Crippen LogP contribution in [-0.4, -0.2) is 37.4 Å². The average Bonchev–Trinajstić information content (AvgIpc) is 3.11. The van der Waals surface area contributed by atoms with Crippen molar-refractivity contribution in [3.63, 3.8) is 0 Å². The van der Waals surface area contributed by atoms with Gasteiger partial charge in [0.25, 0.3) is 5.91 Å². The molecule has 0 bridgehead atoms. The third-order valence-corrected chi connectivity index (χ3v) is 4.04. The standard InChI is InChI=1S/C21H23N5O3/c1-21(2,3)24-19(27)17-11-18(26(25-17)15-8-6-10-22-13-15)16-9-5-4-7-14(16)12-23-20(28)29/h4-11,13,23H,12H2,1-3H3,(H,24,27)(H,28,29). The molecular weight excluding hydrogens is 370 g/mol. The van der Waals surface area contributed by atoms with Gasteiger partial charge in [0.05, 0.1) is 17.6 Å². The van der Waals surface area contributed by atoms with Gasteiger partial charge in [-0.25, -0.2) is 9.48 Å². The molecule has 8 heteroatoms. The van der Waals surface area contributed by atoms with Crippen LogP contribution < -0.4 is 10.6 Å². The molecule has 0 aliphatic carbocycles. The molecule has 0 unspecified atom stereocenters. The summed E-state index contributed by atoms with van der Waals surface area (Å²) in [5.41, 5.74) is 2.76. The van der Waals surface area contributed by atoms with E-state index in [0.29, 0.717) is 11.4 Å². The lowest BCUT2D eigenvalue weighted by atomic mass is 10.0. The van der Waals surface area contributed by atoms with Crippen LogP contribution in [0.15, 0.2) is 54.9 Å². The summed E-state index contributed by atoms with van der Waals surface area (Å²) in [6.45, 7) is 5.83. The fraction of sp³-hybridized carbons (Fsp3) is 0.238. The highest BCUT2D eigenvalue weighted by Gasteiger charge is 2.21. The van der Waals surface area contributed by atoms with Gasteiger partial charge in [-0.05, 0) is 44.5 Å². The summed E-state index contributed by atoms with van der Waals surface area (Å²) in [5, 5.41) is 18.8. The van der Waals surface area contributed by atoms with Crippen LogP contribution in [0.1, 0.15) is 36.8 Å². The molecular formula is C21H23N5O3. The number of hydrogen-bond donors (Lipinski definition) is 3. The first-order valence-corrected chi connectivity index (χ1v) is 9.12. The van der Waals surface area contributed by atoms with E-state index < -0.39 is 11.6 Å². The van der Waals surface area contributed by atoms with Crippen LogP contribution in [0.5, 0.6) is 0 Å². The lowest BCUT2D eigenvalue weighted by molar-refractivity contribution is 0.0914. The molecule has 0 spiro atoms. The number of carbonyl (C=O) groups is 2. The maximum Gasteiger partial charge on any atom is 0.404 e. The minimum atomic E-state index is -1.11. The highest BCUT2D eigenvalue weighted by atomic mass is 16.4. The van der Waals surface area contributed by atoms with Crippen molar-refractivity contribution in [3.8, 4) is 16.9 Å². The largest absolute Gasteiger partial charge is 0.465 e. The molecule has 0 fully saturated rings. The predicted octanol–water partition coefficient (Wildman–Crippen LogP) is 3.23. The van der Waals surface area contributed by atoms with Gasteiger partial charge in [0, 0.05) is 23.8 Å². The molecule has 29 heavy (non-hydrogen) atoms. The molecule has 3 N–H and O–H groups in total. The molecule has 8 nitrogen and oxygen atoms in total. The van der Waals surface area contributed by atoms with Crippen LogP contribution in [0.3, 0.4) is 0 Å². The second kappa shape index (κ2) is 8.14. The number of aromatic nitrogens is 3. The Bertz CT molecular complexity index is 1020. The minimum Gasteiger partial charge on any atom is -0.465 e. The van der Waals surface area contributed by atoms with Gasteiger partial charge in [0.2, 0.25) is 0 Å². The lowest BCUT2D eigenvalue weighted by Crippen LogP contribution is -2.40. The van der Waals surface area contributed by atoms with E-state index in [1.165, 1.54) is 0 Å². The zero-order valence-electron chi connectivity index (χ0n) is 16.5. The van der Waals surface area contributed by atoms with Crippen molar-refractivity contribution in [1.29, 1.82) is 0 Å². The highest BCUT2D eigenvalue weighted by molar-refractivity contribution is 5.94. The van der Waals surface area contributed by atoms with Crippen molar-refractivity contribution in [3.05, 3.63) is 66.1 Å². The van der Waals surface area contributed by atoms with Gasteiger partial charge in [0.1, 0.15) is 0 Å². The van der Waals surface area contributed by atoms with Crippen molar-refractivity contribution < 1.29 is 14.7 Å². The molecule has 0 aliphatic heterocycles. The van der Waals surface area contributed by atoms with E-state index >= 15 is 0 Å². The zero-order valence-corrected chi connectivity index (χ0v) is 16.5. The normalized spacial score (nSPS) is 11.1. The van der Waals surface area contributed by atoms with Crippen LogP contribution in [0.2, 0.25) is 0 Å². The summed E-state index contributed by atoms with van der Waals surface area (Å²) in [4.78, 5) is 27.8. The van der Waals surface area contributed by atoms with Gasteiger partial charge in [-0.3, -0.25) is 9.78 Å². The number of rotatable bonds is 5. The van der Waals surface area contributed by atoms with Crippen LogP contribution in [0.4, 0.5) is 4.79 Å². The minimum absolute atomic E-state index is 0.132. The number of amides is 2. The number of pyridine rings is 1. The van der Waals surface area contributed by atoms with Crippen molar-refractivity contribution in [2.45, 2.75) is 32.9 Å². The Kier molecular flexibility index (Phi) is 5.63. The fourth-order valence-corrected chi connectivity index (χ4v) is 2.86. The fourth-order valence-electron chi connectivity index (χ4n) is 2.86. The van der Waals surface area contributed by atoms with Crippen molar-refractivity contribution in [2.75, 3.05) is 0 Å². The van der Waals surface area contributed by atoms with Crippen LogP contribution in [0, 0.1) is 0 Å². The highest BCUT2D eigenvalue weighted by Crippen LogP contribution is 2.27. The van der Waals surface area contributed by atoms with E-state index in [1.807, 2.05) is 51.1 Å². The van der Waals surface area contributed by atoms with E-state index in [0.717, 1.165) is 11.1 Å². The zero-order chi connectivity index (χ0) is 21.0. The number of benzene rings is 1. The maximum absolute atomic E-state index is 12.7. The van der Waals surface area contributed by atoms with Gasteiger partial charge in [-0.1, -0.05) is 24.3 Å². The molecule has 1 aromatic carbocycles. The SMILES string of the molecule is CC(C)(C)NC(=O)c1cc(-c2ccccc2CNC(=O)O)n(-c2cccnc2)n1. The van der Waals surface area contributed by atoms with Crippen molar-refractivity contribution in [1.82, 2.24) is 25.4 Å². The van der Waals surface area contributed by atoms with E-state index in [1.54, 1.807) is 29.2 Å². The molecule has 3 aromatic rings. The first kappa shape index (κ1) is 20.1. The van der Waals surface area contributed by atoms with Gasteiger partial charge in [-0.15, -0.1) is 0 Å². The van der Waals surface area contributed by atoms with E-state index in [9.17, 15) is 9.59 Å². The number of carboxylic acid groups (broad SMARTS) is 1. The molecule has 150 valence electrons. The Labute approximate surface area is 168 Å². The van der Waals surface area contributed by atoms with Crippen LogP contribution in [-0.2, 0) is 6.54 Å². The molecule has 0 saturated carbocycles. The molecule has 0 aliphatic rings. The lowest BCUT2D eigenvalue weighted by Gasteiger charge is -2.19. The van der Waals surface area contributed by atoms with Gasteiger partial charge in [0.15, 0.2) is 5.69 Å². The van der Waals surface area contributed by atoms with Crippen molar-refractivity contribution >= 4 is 12.0 Å². The van der Waals surface area contributed by atoms with E-state index in [-0.39, 0.29) is 18.1 Å². The summed E-state index contributed by atoms with van der Waals surface area (Å²) >= 11 is 0. The Morgan fingerprint density at radius 3 is 2.55 bits per heavy atom. The second-order valence-electron chi connectivity index (χ2n) is 7.56. The predicted molar refractivity (Wildman–Crippen MR) is 109 cm³/mol. The number of nitrogens with zero attached hydrogens (tertiary/aromatic N) is 3. The summed E-state index contributed by atoms with van der Waals surface area (Å²) in [7, 11) is 0. The molecule has 0 saturated heterocycles. The number of hydrogen-bond acceptors (Lipinski definition) is 4. The summed E-state index contributed by atoms with van der Waals surface area (Å²) in [6.07, 6.45) is 2.20. The molecule has 2 amide bonds. The van der Waals surface area contributed by atoms with Gasteiger partial charge < -0.3 is 15.7 Å². The Balaban J connectivity index is 2.11. The van der Waals surface area contributed by atoms with Crippen molar-refractivity contribution in [2.24, 2.45) is 0 Å². The molecule has 0 radical (unpaired) electrons. The topological polar surface area (TPSA) is 109 Å². The van der Waals surface area contributed by atoms with E-state index in [4.69, 9.17) is 5.11 Å². The third kappa shape index (κ3) is 4.98. The molecule has 0 atom stereocenters. The monoisotopic (exact) mass is 393 g/mol. The van der Waals surface area contributed by atoms with E-state index in [2.05, 4.69) is 20.7 Å². The smallest absolute Gasteiger partial charge is 0.404 e. The van der Waals surface area contributed by atoms with Gasteiger partial charge in [-0.2, -0.15) is 5.10 Å². The average molecular weight is 393 g/mol. The Morgan fingerprint density at radius 2 is 1.90 bits per heavy atom. The first-order chi connectivity index (χ1) is 13.7. The summed E-state index contributed by atoms with van der Waals surface area (Å²) in [5.74, 6) is -0.289. The molecule has 3 rings (SSSR count). The Morgan fingerprint density at radius 1 is 1.14 bits per heavy atom. The quantitative estimate of drug-likeness (QED) is 0.617. The van der Waals surface area contributed by atoms with Gasteiger partial charge >= 0.3 is 6.09 Å². The number of nitrogens with one attached hydrogen (secondary N) is 2. The third-order valence-electron chi connectivity index (χ3n) is 4.04. The summed E-state index contributed by atoms with van der Waals surface area (Å²) in [6, 6.07) is 12.7. The maximum atomic E-state index is 12.7. The van der Waals surface area contributed by atoms with Crippen LogP contribution >= 0.6 is 0 Å². The molecule has 2 heterocycles. The number of carbonyl (C=O) groups excluding carboxylic acids is 1.